The summed E-state index contributed by atoms with van der Waals surface area (Å²) < 4.78 is 0. The molecule has 0 aromatic heterocycles. The number of benzene rings is 1. The van der Waals surface area contributed by atoms with Crippen LogP contribution >= 0.6 is 11.6 Å². The van der Waals surface area contributed by atoms with E-state index in [1.54, 1.807) is 18.2 Å². The number of halogens is 1. The molecule has 5 heteroatoms. The van der Waals surface area contributed by atoms with E-state index in [0.29, 0.717) is 22.2 Å². The Balaban J connectivity index is 2.50. The summed E-state index contributed by atoms with van der Waals surface area (Å²) in [5.41, 5.74) is 6.78. The zero-order valence-corrected chi connectivity index (χ0v) is 8.03. The molecule has 2 rings (SSSR count). The number of nitrogens with zero attached hydrogens (tertiary/aromatic N) is 1. The molecule has 4 nitrogen and oxygen atoms in total. The van der Waals surface area contributed by atoms with Crippen molar-refractivity contribution in [2.75, 3.05) is 5.06 Å². The molecule has 0 spiro atoms. The number of nitrogens with two attached hydrogens (primary N) is 1. The van der Waals surface area contributed by atoms with E-state index in [2.05, 4.69) is 0 Å². The van der Waals surface area contributed by atoms with Crippen LogP contribution in [0.3, 0.4) is 0 Å². The summed E-state index contributed by atoms with van der Waals surface area (Å²) in [5.74, 6) is -0.486. The highest BCUT2D eigenvalue weighted by Crippen LogP contribution is 2.28. The summed E-state index contributed by atoms with van der Waals surface area (Å²) in [4.78, 5) is 11.3. The van der Waals surface area contributed by atoms with Gasteiger partial charge < -0.3 is 5.73 Å². The van der Waals surface area contributed by atoms with Gasteiger partial charge in [-0.2, -0.15) is 5.06 Å². The maximum atomic E-state index is 11.3. The van der Waals surface area contributed by atoms with Crippen molar-refractivity contribution in [2.45, 2.75) is 12.5 Å². The third-order valence-corrected chi connectivity index (χ3v) is 2.47. The molecule has 0 saturated heterocycles. The summed E-state index contributed by atoms with van der Waals surface area (Å²) in [5, 5.41) is 10.6. The third-order valence-electron chi connectivity index (χ3n) is 2.24. The van der Waals surface area contributed by atoms with Gasteiger partial charge in [0.25, 0.3) is 5.91 Å². The molecule has 74 valence electrons. The monoisotopic (exact) mass is 212 g/mol. The summed E-state index contributed by atoms with van der Waals surface area (Å²) >= 11 is 5.78. The standard InChI is InChI=1S/C9H9ClN2O2/c10-6-1-2-8-5(3-6)4-7(11)9(13)12(8)14/h1-3,7,14H,4,11H2/t7-/m0/s1. The van der Waals surface area contributed by atoms with E-state index in [-0.39, 0.29) is 0 Å². The number of carbonyl (C=O) groups is 1. The van der Waals surface area contributed by atoms with Gasteiger partial charge in [-0.25, -0.2) is 0 Å². The average molecular weight is 213 g/mol. The van der Waals surface area contributed by atoms with Crippen LogP contribution in [0.1, 0.15) is 5.56 Å². The van der Waals surface area contributed by atoms with Crippen LogP contribution in [0.4, 0.5) is 5.69 Å². The van der Waals surface area contributed by atoms with Gasteiger partial charge >= 0.3 is 0 Å². The van der Waals surface area contributed by atoms with Crippen LogP contribution in [-0.2, 0) is 11.2 Å². The van der Waals surface area contributed by atoms with Gasteiger partial charge in [-0.05, 0) is 30.2 Å². The topological polar surface area (TPSA) is 66.6 Å². The molecule has 1 aromatic carbocycles. The van der Waals surface area contributed by atoms with Crippen molar-refractivity contribution in [2.24, 2.45) is 5.73 Å². The van der Waals surface area contributed by atoms with Crippen LogP contribution in [-0.4, -0.2) is 17.2 Å². The van der Waals surface area contributed by atoms with Gasteiger partial charge in [0.2, 0.25) is 0 Å². The zero-order chi connectivity index (χ0) is 10.3. The maximum absolute atomic E-state index is 11.3. The predicted molar refractivity (Wildman–Crippen MR) is 52.4 cm³/mol. The highest BCUT2D eigenvalue weighted by atomic mass is 35.5. The smallest absolute Gasteiger partial charge is 0.267 e. The van der Waals surface area contributed by atoms with Gasteiger partial charge in [0.15, 0.2) is 0 Å². The molecule has 0 unspecified atom stereocenters. The number of anilines is 1. The van der Waals surface area contributed by atoms with Gasteiger partial charge in [0.1, 0.15) is 0 Å². The lowest BCUT2D eigenvalue weighted by atomic mass is 9.99. The minimum absolute atomic E-state index is 0.409. The lowest BCUT2D eigenvalue weighted by Crippen LogP contribution is -2.47. The highest BCUT2D eigenvalue weighted by molar-refractivity contribution is 6.30. The van der Waals surface area contributed by atoms with Gasteiger partial charge in [-0.1, -0.05) is 11.6 Å². The molecule has 0 aliphatic carbocycles. The molecule has 1 aliphatic rings. The Bertz CT molecular complexity index is 394. The SMILES string of the molecule is N[C@H]1Cc2cc(Cl)ccc2N(O)C1=O. The van der Waals surface area contributed by atoms with E-state index in [9.17, 15) is 10.0 Å². The lowest BCUT2D eigenvalue weighted by molar-refractivity contribution is -0.125. The Labute approximate surface area is 85.8 Å². The van der Waals surface area contributed by atoms with Crippen LogP contribution in [0.15, 0.2) is 18.2 Å². The quantitative estimate of drug-likeness (QED) is 0.630. The molecule has 1 aliphatic heterocycles. The number of carbonyl (C=O) groups excluding carboxylic acids is 1. The summed E-state index contributed by atoms with van der Waals surface area (Å²) in [6.45, 7) is 0. The van der Waals surface area contributed by atoms with Crippen molar-refractivity contribution >= 4 is 23.2 Å². The number of amides is 1. The van der Waals surface area contributed by atoms with Gasteiger partial charge in [-0.15, -0.1) is 0 Å². The largest absolute Gasteiger partial charge is 0.320 e. The molecule has 3 N–H and O–H groups in total. The van der Waals surface area contributed by atoms with E-state index in [4.69, 9.17) is 17.3 Å². The molecule has 1 heterocycles. The fourth-order valence-corrected chi connectivity index (χ4v) is 1.72. The third kappa shape index (κ3) is 1.37. The van der Waals surface area contributed by atoms with Gasteiger partial charge in [0, 0.05) is 5.02 Å². The van der Waals surface area contributed by atoms with Gasteiger partial charge in [0.05, 0.1) is 11.7 Å². The van der Waals surface area contributed by atoms with Gasteiger partial charge in [-0.3, -0.25) is 10.0 Å². The van der Waals surface area contributed by atoms with E-state index >= 15 is 0 Å². The summed E-state index contributed by atoms with van der Waals surface area (Å²) in [6.07, 6.45) is 0.409. The fraction of sp³-hybridized carbons (Fsp3) is 0.222. The minimum Gasteiger partial charge on any atom is -0.320 e. The Kier molecular flexibility index (Phi) is 2.19. The van der Waals surface area contributed by atoms with E-state index in [1.165, 1.54) is 0 Å². The van der Waals surface area contributed by atoms with Crippen LogP contribution in [0, 0.1) is 0 Å². The number of hydrogen-bond acceptors (Lipinski definition) is 3. The molecule has 0 radical (unpaired) electrons. The normalized spacial score (nSPS) is 20.9. The second-order valence-electron chi connectivity index (χ2n) is 3.23. The fourth-order valence-electron chi connectivity index (χ4n) is 1.52. The minimum atomic E-state index is -0.689. The first-order valence-electron chi connectivity index (χ1n) is 4.16. The summed E-state index contributed by atoms with van der Waals surface area (Å²) in [6, 6.07) is 4.23. The average Bonchev–Trinajstić information content (AvgIpc) is 2.14. The van der Waals surface area contributed by atoms with Crippen molar-refractivity contribution in [3.05, 3.63) is 28.8 Å². The van der Waals surface area contributed by atoms with E-state index in [0.717, 1.165) is 5.56 Å². The Hall–Kier alpha value is -1.10. The van der Waals surface area contributed by atoms with Crippen LogP contribution in [0.5, 0.6) is 0 Å². The van der Waals surface area contributed by atoms with E-state index in [1.807, 2.05) is 0 Å². The molecular weight excluding hydrogens is 204 g/mol. The number of hydroxylamine groups is 1. The van der Waals surface area contributed by atoms with Crippen molar-refractivity contribution in [3.8, 4) is 0 Å². The second-order valence-corrected chi connectivity index (χ2v) is 3.67. The maximum Gasteiger partial charge on any atom is 0.267 e. The molecule has 0 fully saturated rings. The van der Waals surface area contributed by atoms with Crippen LogP contribution in [0.2, 0.25) is 5.02 Å². The molecule has 1 aromatic rings. The molecular formula is C9H9ClN2O2. The van der Waals surface area contributed by atoms with Crippen LogP contribution in [0.25, 0.3) is 0 Å². The van der Waals surface area contributed by atoms with Crippen molar-refractivity contribution in [3.63, 3.8) is 0 Å². The summed E-state index contributed by atoms with van der Waals surface area (Å²) in [7, 11) is 0. The second kappa shape index (κ2) is 3.24. The first-order valence-corrected chi connectivity index (χ1v) is 4.54. The number of rotatable bonds is 0. The van der Waals surface area contributed by atoms with E-state index < -0.39 is 11.9 Å². The lowest BCUT2D eigenvalue weighted by Gasteiger charge is -2.27. The predicted octanol–water partition coefficient (Wildman–Crippen LogP) is 0.946. The first kappa shape index (κ1) is 9.45. The Morgan fingerprint density at radius 1 is 1.57 bits per heavy atom. The Morgan fingerprint density at radius 2 is 2.29 bits per heavy atom. The Morgan fingerprint density at radius 3 is 3.00 bits per heavy atom. The number of fused-ring (bicyclic) bond motifs is 1. The van der Waals surface area contributed by atoms with Crippen molar-refractivity contribution in [1.29, 1.82) is 0 Å². The molecule has 1 amide bonds. The van der Waals surface area contributed by atoms with Crippen molar-refractivity contribution < 1.29 is 10.0 Å². The van der Waals surface area contributed by atoms with Crippen LogP contribution < -0.4 is 10.8 Å². The zero-order valence-electron chi connectivity index (χ0n) is 7.27. The highest BCUT2D eigenvalue weighted by Gasteiger charge is 2.29. The van der Waals surface area contributed by atoms with Crippen molar-refractivity contribution in [1.82, 2.24) is 0 Å². The first-order chi connectivity index (χ1) is 6.59. The molecule has 0 bridgehead atoms. The molecule has 0 saturated carbocycles. The molecule has 14 heavy (non-hydrogen) atoms. The molecule has 1 atom stereocenters. The number of hydrogen-bond donors (Lipinski definition) is 2.